The van der Waals surface area contributed by atoms with E-state index in [4.69, 9.17) is 10.0 Å². The van der Waals surface area contributed by atoms with Crippen molar-refractivity contribution in [1.29, 1.82) is 0 Å². The van der Waals surface area contributed by atoms with Gasteiger partial charge in [0.2, 0.25) is 0 Å². The van der Waals surface area contributed by atoms with Gasteiger partial charge in [-0.2, -0.15) is 0 Å². The lowest BCUT2D eigenvalue weighted by molar-refractivity contribution is 0.425. The maximum atomic E-state index is 9.03. The zero-order valence-electron chi connectivity index (χ0n) is 7.00. The van der Waals surface area contributed by atoms with Crippen molar-refractivity contribution < 1.29 is 10.0 Å². The SMILES string of the molecule is Cc1cc(I)cc(C)c1B(O)O. The molecule has 0 amide bonds. The summed E-state index contributed by atoms with van der Waals surface area (Å²) in [7, 11) is -1.36. The lowest BCUT2D eigenvalue weighted by Crippen LogP contribution is -2.34. The van der Waals surface area contributed by atoms with E-state index in [1.807, 2.05) is 26.0 Å². The fourth-order valence-electron chi connectivity index (χ4n) is 1.33. The number of halogens is 1. The van der Waals surface area contributed by atoms with Gasteiger partial charge in [-0.3, -0.25) is 0 Å². The highest BCUT2D eigenvalue weighted by Crippen LogP contribution is 2.09. The molecule has 0 aromatic heterocycles. The predicted molar refractivity (Wildman–Crippen MR) is 58.5 cm³/mol. The molecule has 0 unspecified atom stereocenters. The fourth-order valence-corrected chi connectivity index (χ4v) is 2.26. The first-order valence-electron chi connectivity index (χ1n) is 3.65. The van der Waals surface area contributed by atoms with Gasteiger partial charge in [-0.1, -0.05) is 11.1 Å². The summed E-state index contributed by atoms with van der Waals surface area (Å²) in [6, 6.07) is 3.87. The highest BCUT2D eigenvalue weighted by Gasteiger charge is 2.16. The first-order valence-corrected chi connectivity index (χ1v) is 4.73. The third-order valence-electron chi connectivity index (χ3n) is 1.82. The van der Waals surface area contributed by atoms with E-state index in [0.29, 0.717) is 5.46 Å². The Labute approximate surface area is 85.9 Å². The third-order valence-corrected chi connectivity index (χ3v) is 2.44. The Bertz CT molecular complexity index is 276. The zero-order valence-corrected chi connectivity index (χ0v) is 9.16. The molecule has 0 aliphatic rings. The standard InChI is InChI=1S/C8H10BIO2/c1-5-3-7(10)4-6(2)8(5)9(11)12/h3-4,11-12H,1-2H3. The second-order valence-electron chi connectivity index (χ2n) is 2.83. The average molecular weight is 276 g/mol. The average Bonchev–Trinajstić information content (AvgIpc) is 1.82. The highest BCUT2D eigenvalue weighted by molar-refractivity contribution is 14.1. The summed E-state index contributed by atoms with van der Waals surface area (Å²) in [5.74, 6) is 0. The summed E-state index contributed by atoms with van der Waals surface area (Å²) >= 11 is 2.21. The maximum absolute atomic E-state index is 9.03. The van der Waals surface area contributed by atoms with Crippen molar-refractivity contribution in [2.24, 2.45) is 0 Å². The van der Waals surface area contributed by atoms with Crippen LogP contribution in [0.5, 0.6) is 0 Å². The van der Waals surface area contributed by atoms with E-state index in [-0.39, 0.29) is 0 Å². The molecule has 1 rings (SSSR count). The van der Waals surface area contributed by atoms with Crippen LogP contribution in [0.4, 0.5) is 0 Å². The zero-order chi connectivity index (χ0) is 9.30. The first-order chi connectivity index (χ1) is 5.52. The molecule has 0 fully saturated rings. The maximum Gasteiger partial charge on any atom is 0.488 e. The Balaban J connectivity index is 3.28. The molecule has 0 saturated heterocycles. The van der Waals surface area contributed by atoms with Crippen molar-refractivity contribution in [2.45, 2.75) is 13.8 Å². The van der Waals surface area contributed by atoms with E-state index < -0.39 is 7.12 Å². The summed E-state index contributed by atoms with van der Waals surface area (Å²) in [5, 5.41) is 18.1. The molecule has 1 aromatic rings. The molecule has 0 aliphatic carbocycles. The van der Waals surface area contributed by atoms with Crippen LogP contribution >= 0.6 is 22.6 Å². The molecule has 0 aliphatic heterocycles. The van der Waals surface area contributed by atoms with Crippen LogP contribution in [0.2, 0.25) is 0 Å². The highest BCUT2D eigenvalue weighted by atomic mass is 127. The van der Waals surface area contributed by atoms with Gasteiger partial charge in [-0.25, -0.2) is 0 Å². The van der Waals surface area contributed by atoms with Crippen LogP contribution in [0.25, 0.3) is 0 Å². The lowest BCUT2D eigenvalue weighted by Gasteiger charge is -2.08. The van der Waals surface area contributed by atoms with Crippen LogP contribution in [0, 0.1) is 17.4 Å². The summed E-state index contributed by atoms with van der Waals surface area (Å²) in [6.07, 6.45) is 0. The summed E-state index contributed by atoms with van der Waals surface area (Å²) < 4.78 is 1.12. The topological polar surface area (TPSA) is 40.5 Å². The molecule has 64 valence electrons. The molecular formula is C8H10BIO2. The lowest BCUT2D eigenvalue weighted by atomic mass is 9.74. The van der Waals surface area contributed by atoms with E-state index in [1.54, 1.807) is 0 Å². The van der Waals surface area contributed by atoms with Crippen LogP contribution in [-0.4, -0.2) is 17.2 Å². The molecule has 12 heavy (non-hydrogen) atoms. The van der Waals surface area contributed by atoms with Gasteiger partial charge in [0.05, 0.1) is 0 Å². The summed E-state index contributed by atoms with van der Waals surface area (Å²) in [4.78, 5) is 0. The predicted octanol–water partition coefficient (Wildman–Crippen LogP) is 0.588. The van der Waals surface area contributed by atoms with Crippen molar-refractivity contribution in [3.05, 3.63) is 26.8 Å². The Morgan fingerprint density at radius 3 is 1.92 bits per heavy atom. The molecular weight excluding hydrogens is 266 g/mol. The van der Waals surface area contributed by atoms with Crippen LogP contribution in [0.1, 0.15) is 11.1 Å². The Morgan fingerprint density at radius 1 is 1.17 bits per heavy atom. The largest absolute Gasteiger partial charge is 0.488 e. The quantitative estimate of drug-likeness (QED) is 0.582. The van der Waals surface area contributed by atoms with Gasteiger partial charge in [0.1, 0.15) is 0 Å². The number of aryl methyl sites for hydroxylation is 2. The molecule has 0 saturated carbocycles. The van der Waals surface area contributed by atoms with Crippen LogP contribution < -0.4 is 5.46 Å². The Morgan fingerprint density at radius 2 is 1.58 bits per heavy atom. The summed E-state index contributed by atoms with van der Waals surface area (Å²) in [6.45, 7) is 3.76. The van der Waals surface area contributed by atoms with Crippen molar-refractivity contribution in [2.75, 3.05) is 0 Å². The van der Waals surface area contributed by atoms with E-state index in [0.717, 1.165) is 14.7 Å². The van der Waals surface area contributed by atoms with Crippen molar-refractivity contribution in [3.63, 3.8) is 0 Å². The molecule has 4 heteroatoms. The fraction of sp³-hybridized carbons (Fsp3) is 0.250. The van der Waals surface area contributed by atoms with Gasteiger partial charge in [0.25, 0.3) is 0 Å². The Hall–Kier alpha value is -0.0651. The first kappa shape index (κ1) is 10.0. The number of hydrogen-bond acceptors (Lipinski definition) is 2. The minimum absolute atomic E-state index is 0.621. The molecule has 0 atom stereocenters. The van der Waals surface area contributed by atoms with Gasteiger partial charge in [-0.15, -0.1) is 0 Å². The van der Waals surface area contributed by atoms with E-state index in [9.17, 15) is 0 Å². The van der Waals surface area contributed by atoms with Gasteiger partial charge in [-0.05, 0) is 54.0 Å². The molecule has 2 nitrogen and oxygen atoms in total. The second-order valence-corrected chi connectivity index (χ2v) is 4.07. The van der Waals surface area contributed by atoms with E-state index >= 15 is 0 Å². The van der Waals surface area contributed by atoms with Gasteiger partial charge >= 0.3 is 7.12 Å². The molecule has 0 heterocycles. The van der Waals surface area contributed by atoms with E-state index in [2.05, 4.69) is 22.6 Å². The molecule has 0 radical (unpaired) electrons. The van der Waals surface area contributed by atoms with Crippen molar-refractivity contribution >= 4 is 35.2 Å². The molecule has 2 N–H and O–H groups in total. The van der Waals surface area contributed by atoms with Crippen LogP contribution in [0.3, 0.4) is 0 Å². The summed E-state index contributed by atoms with van der Waals surface area (Å²) in [5.41, 5.74) is 2.47. The smallest absolute Gasteiger partial charge is 0.423 e. The second kappa shape index (κ2) is 3.76. The van der Waals surface area contributed by atoms with Crippen LogP contribution in [0.15, 0.2) is 12.1 Å². The van der Waals surface area contributed by atoms with Crippen molar-refractivity contribution in [3.8, 4) is 0 Å². The third kappa shape index (κ3) is 2.00. The molecule has 0 spiro atoms. The van der Waals surface area contributed by atoms with E-state index in [1.165, 1.54) is 0 Å². The van der Waals surface area contributed by atoms with Gasteiger partial charge < -0.3 is 10.0 Å². The minimum atomic E-state index is -1.36. The monoisotopic (exact) mass is 276 g/mol. The number of rotatable bonds is 1. The van der Waals surface area contributed by atoms with Crippen molar-refractivity contribution in [1.82, 2.24) is 0 Å². The van der Waals surface area contributed by atoms with Gasteiger partial charge in [0.15, 0.2) is 0 Å². The molecule has 1 aromatic carbocycles. The normalized spacial score (nSPS) is 10.1. The van der Waals surface area contributed by atoms with Crippen LogP contribution in [-0.2, 0) is 0 Å². The Kier molecular flexibility index (Phi) is 3.14. The molecule has 0 bridgehead atoms. The number of hydrogen-bond donors (Lipinski definition) is 2. The minimum Gasteiger partial charge on any atom is -0.423 e. The van der Waals surface area contributed by atoms with Gasteiger partial charge in [0, 0.05) is 3.57 Å². The number of benzene rings is 1.